The summed E-state index contributed by atoms with van der Waals surface area (Å²) in [5, 5.41) is 14.7. The van der Waals surface area contributed by atoms with Crippen molar-refractivity contribution >= 4 is 46.4 Å². The third-order valence-electron chi connectivity index (χ3n) is 3.60. The van der Waals surface area contributed by atoms with Crippen molar-refractivity contribution in [3.8, 4) is 0 Å². The van der Waals surface area contributed by atoms with Crippen LogP contribution in [0.4, 0.5) is 11.4 Å². The van der Waals surface area contributed by atoms with Crippen molar-refractivity contribution in [3.63, 3.8) is 0 Å². The Bertz CT molecular complexity index is 871. The van der Waals surface area contributed by atoms with E-state index in [1.54, 1.807) is 20.9 Å². The molecule has 0 saturated carbocycles. The molecule has 0 bridgehead atoms. The monoisotopic (exact) mass is 398 g/mol. The molecule has 0 atom stereocenters. The van der Waals surface area contributed by atoms with Gasteiger partial charge in [-0.3, -0.25) is 24.4 Å². The Labute approximate surface area is 159 Å². The van der Waals surface area contributed by atoms with E-state index in [0.29, 0.717) is 12.1 Å². The molecular weight excluding hydrogens is 383 g/mol. The number of aromatic nitrogens is 2. The molecule has 26 heavy (non-hydrogen) atoms. The second kappa shape index (κ2) is 7.84. The van der Waals surface area contributed by atoms with Crippen molar-refractivity contribution < 1.29 is 14.5 Å². The molecule has 2 rings (SSSR count). The number of halogens is 2. The lowest BCUT2D eigenvalue weighted by atomic mass is 10.1. The van der Waals surface area contributed by atoms with Crippen LogP contribution in [0.15, 0.2) is 18.3 Å². The molecular formula is C16H16Cl2N4O4. The predicted molar refractivity (Wildman–Crippen MR) is 97.8 cm³/mol. The summed E-state index contributed by atoms with van der Waals surface area (Å²) in [4.78, 5) is 36.8. The largest absolute Gasteiger partial charge is 0.275 e. The third-order valence-corrected chi connectivity index (χ3v) is 4.17. The van der Waals surface area contributed by atoms with Crippen LogP contribution in [0, 0.1) is 17.0 Å². The van der Waals surface area contributed by atoms with E-state index in [0.717, 1.165) is 17.0 Å². The van der Waals surface area contributed by atoms with Gasteiger partial charge in [-0.25, -0.2) is 4.90 Å². The Morgan fingerprint density at radius 1 is 1.31 bits per heavy atom. The van der Waals surface area contributed by atoms with Crippen molar-refractivity contribution in [2.24, 2.45) is 7.05 Å². The summed E-state index contributed by atoms with van der Waals surface area (Å²) < 4.78 is 1.45. The van der Waals surface area contributed by atoms with Crippen LogP contribution in [0.3, 0.4) is 0 Å². The first-order valence-corrected chi connectivity index (χ1v) is 8.43. The number of nitrogens with zero attached hydrogens (tertiary/aromatic N) is 4. The lowest BCUT2D eigenvalue weighted by Gasteiger charge is -2.22. The Morgan fingerprint density at radius 3 is 2.31 bits per heavy atom. The van der Waals surface area contributed by atoms with Crippen molar-refractivity contribution in [3.05, 3.63) is 49.7 Å². The van der Waals surface area contributed by atoms with Gasteiger partial charge in [-0.1, -0.05) is 30.1 Å². The van der Waals surface area contributed by atoms with Gasteiger partial charge in [0.15, 0.2) is 0 Å². The van der Waals surface area contributed by atoms with Crippen LogP contribution in [0.5, 0.6) is 0 Å². The highest BCUT2D eigenvalue weighted by molar-refractivity contribution is 6.42. The average Bonchev–Trinajstić information content (AvgIpc) is 2.88. The molecule has 10 heteroatoms. The molecule has 0 aliphatic heterocycles. The van der Waals surface area contributed by atoms with Gasteiger partial charge in [0.25, 0.3) is 11.6 Å². The smallest absolute Gasteiger partial charge is 0.272 e. The first kappa shape index (κ1) is 19.9. The van der Waals surface area contributed by atoms with Crippen LogP contribution < -0.4 is 4.90 Å². The lowest BCUT2D eigenvalue weighted by molar-refractivity contribution is -0.384. The summed E-state index contributed by atoms with van der Waals surface area (Å²) in [6.07, 6.45) is 2.06. The van der Waals surface area contributed by atoms with E-state index in [1.807, 2.05) is 0 Å². The number of aryl methyl sites for hydroxylation is 2. The van der Waals surface area contributed by atoms with Gasteiger partial charge in [-0.05, 0) is 13.3 Å². The number of nitro benzene ring substituents is 1. The van der Waals surface area contributed by atoms with E-state index in [-0.39, 0.29) is 33.4 Å². The number of amides is 2. The quantitative estimate of drug-likeness (QED) is 0.561. The molecule has 2 aromatic rings. The molecule has 0 fully saturated rings. The van der Waals surface area contributed by atoms with Gasteiger partial charge in [0, 0.05) is 31.8 Å². The summed E-state index contributed by atoms with van der Waals surface area (Å²) in [7, 11) is 1.65. The number of carbonyl (C=O) groups is 2. The minimum Gasteiger partial charge on any atom is -0.275 e. The van der Waals surface area contributed by atoms with Crippen molar-refractivity contribution in [2.75, 3.05) is 4.90 Å². The van der Waals surface area contributed by atoms with Gasteiger partial charge < -0.3 is 0 Å². The highest BCUT2D eigenvalue weighted by Gasteiger charge is 2.31. The SMILES string of the molecule is CCCC(=O)N(C(=O)c1cn(C)nc1C)c1c(Cl)cc([N+](=O)[O-])cc1Cl. The zero-order chi connectivity index (χ0) is 19.6. The molecule has 0 aliphatic rings. The highest BCUT2D eigenvalue weighted by atomic mass is 35.5. The Morgan fingerprint density at radius 2 is 1.88 bits per heavy atom. The van der Waals surface area contributed by atoms with Gasteiger partial charge in [0.1, 0.15) is 0 Å². The molecule has 8 nitrogen and oxygen atoms in total. The molecule has 2 amide bonds. The Balaban J connectivity index is 2.63. The summed E-state index contributed by atoms with van der Waals surface area (Å²) in [6.45, 7) is 3.42. The fraction of sp³-hybridized carbons (Fsp3) is 0.312. The zero-order valence-corrected chi connectivity index (χ0v) is 15.8. The number of nitro groups is 1. The van der Waals surface area contributed by atoms with Crippen LogP contribution >= 0.6 is 23.2 Å². The van der Waals surface area contributed by atoms with E-state index in [2.05, 4.69) is 5.10 Å². The van der Waals surface area contributed by atoms with Gasteiger partial charge in [-0.15, -0.1) is 0 Å². The number of hydrogen-bond acceptors (Lipinski definition) is 5. The first-order valence-electron chi connectivity index (χ1n) is 7.68. The number of carbonyl (C=O) groups excluding carboxylic acids is 2. The van der Waals surface area contributed by atoms with E-state index in [1.165, 1.54) is 10.9 Å². The molecule has 0 N–H and O–H groups in total. The topological polar surface area (TPSA) is 98.3 Å². The van der Waals surface area contributed by atoms with Crippen LogP contribution in [-0.2, 0) is 11.8 Å². The molecule has 0 spiro atoms. The third kappa shape index (κ3) is 3.86. The number of non-ortho nitro benzene ring substituents is 1. The number of hydrogen-bond donors (Lipinski definition) is 0. The number of imide groups is 1. The highest BCUT2D eigenvalue weighted by Crippen LogP contribution is 2.38. The Hall–Kier alpha value is -2.45. The number of benzene rings is 1. The predicted octanol–water partition coefficient (Wildman–Crippen LogP) is 3.92. The first-order chi connectivity index (χ1) is 12.2. The van der Waals surface area contributed by atoms with E-state index in [9.17, 15) is 19.7 Å². The number of rotatable bonds is 5. The van der Waals surface area contributed by atoms with Gasteiger partial charge in [-0.2, -0.15) is 5.10 Å². The van der Waals surface area contributed by atoms with Gasteiger partial charge in [0.2, 0.25) is 5.91 Å². The van der Waals surface area contributed by atoms with E-state index < -0.39 is 16.7 Å². The van der Waals surface area contributed by atoms with E-state index >= 15 is 0 Å². The van der Waals surface area contributed by atoms with Crippen molar-refractivity contribution in [1.29, 1.82) is 0 Å². The maximum Gasteiger partial charge on any atom is 0.272 e. The fourth-order valence-electron chi connectivity index (χ4n) is 2.47. The van der Waals surface area contributed by atoms with Crippen LogP contribution in [0.25, 0.3) is 0 Å². The van der Waals surface area contributed by atoms with Crippen LogP contribution in [0.1, 0.15) is 35.8 Å². The average molecular weight is 399 g/mol. The van der Waals surface area contributed by atoms with Crippen LogP contribution in [0.2, 0.25) is 10.0 Å². The minimum absolute atomic E-state index is 0.0781. The lowest BCUT2D eigenvalue weighted by Crippen LogP contribution is -2.37. The summed E-state index contributed by atoms with van der Waals surface area (Å²) in [5.74, 6) is -1.16. The standard InChI is InChI=1S/C16H16Cl2N4O4/c1-4-5-14(23)21(16(24)11-8-20(3)19-9(11)2)15-12(17)6-10(22(25)26)7-13(15)18/h6-8H,4-5H2,1-3H3. The van der Waals surface area contributed by atoms with E-state index in [4.69, 9.17) is 23.2 Å². The maximum atomic E-state index is 13.0. The molecule has 0 radical (unpaired) electrons. The normalized spacial score (nSPS) is 10.7. The van der Waals surface area contributed by atoms with Gasteiger partial charge in [0.05, 0.1) is 31.9 Å². The van der Waals surface area contributed by atoms with Crippen molar-refractivity contribution in [1.82, 2.24) is 9.78 Å². The minimum atomic E-state index is -0.660. The van der Waals surface area contributed by atoms with Gasteiger partial charge >= 0.3 is 0 Å². The van der Waals surface area contributed by atoms with Crippen molar-refractivity contribution in [2.45, 2.75) is 26.7 Å². The summed E-state index contributed by atoms with van der Waals surface area (Å²) in [5.41, 5.74) is 0.227. The fourth-order valence-corrected chi connectivity index (χ4v) is 3.11. The molecule has 0 aliphatic carbocycles. The number of anilines is 1. The molecule has 1 aromatic carbocycles. The van der Waals surface area contributed by atoms with Crippen LogP contribution in [-0.4, -0.2) is 26.5 Å². The maximum absolute atomic E-state index is 13.0. The second-order valence-corrected chi connectivity index (χ2v) is 6.42. The summed E-state index contributed by atoms with van der Waals surface area (Å²) in [6, 6.07) is 2.11. The zero-order valence-electron chi connectivity index (χ0n) is 14.3. The molecule has 1 aromatic heterocycles. The molecule has 0 unspecified atom stereocenters. The molecule has 0 saturated heterocycles. The second-order valence-electron chi connectivity index (χ2n) is 5.60. The molecule has 1 heterocycles. The summed E-state index contributed by atoms with van der Waals surface area (Å²) >= 11 is 12.3. The Kier molecular flexibility index (Phi) is 5.99. The molecule has 138 valence electrons.